The Labute approximate surface area is 181 Å². The minimum absolute atomic E-state index is 0.102. The van der Waals surface area contributed by atoms with Gasteiger partial charge in [0, 0.05) is 5.75 Å². The summed E-state index contributed by atoms with van der Waals surface area (Å²) in [4.78, 5) is 24.4. The minimum Gasteiger partial charge on any atom is -0.507 e. The molecule has 0 aromatic heterocycles. The summed E-state index contributed by atoms with van der Waals surface area (Å²) < 4.78 is 15.8. The molecule has 0 aliphatic rings. The van der Waals surface area contributed by atoms with Crippen molar-refractivity contribution in [2.24, 2.45) is 0 Å². The van der Waals surface area contributed by atoms with Crippen LogP contribution in [-0.4, -0.2) is 42.6 Å². The maximum atomic E-state index is 12.4. The highest BCUT2D eigenvalue weighted by Gasteiger charge is 2.17. The van der Waals surface area contributed by atoms with Crippen LogP contribution in [0.3, 0.4) is 0 Å². The van der Waals surface area contributed by atoms with E-state index < -0.39 is 11.9 Å². The van der Waals surface area contributed by atoms with Crippen LogP contribution < -0.4 is 4.74 Å². The third-order valence-electron chi connectivity index (χ3n) is 4.16. The number of phenols is 1. The lowest BCUT2D eigenvalue weighted by molar-refractivity contribution is 0.0512. The van der Waals surface area contributed by atoms with Gasteiger partial charge >= 0.3 is 11.9 Å². The van der Waals surface area contributed by atoms with Gasteiger partial charge in [0.15, 0.2) is 0 Å². The summed E-state index contributed by atoms with van der Waals surface area (Å²) in [5, 5.41) is 9.94. The van der Waals surface area contributed by atoms with E-state index in [0.717, 1.165) is 16.7 Å². The topological polar surface area (TPSA) is 82.1 Å². The zero-order valence-electron chi connectivity index (χ0n) is 17.1. The Morgan fingerprint density at radius 1 is 0.967 bits per heavy atom. The number of hydrogen-bond donors (Lipinski definition) is 2. The SMILES string of the molecule is C=C(CS)COc1ccc(Cc2ccc(O)c(C(=O)OCC)c2)cc1C(=O)OCC. The molecule has 2 rings (SSSR count). The van der Waals surface area contributed by atoms with Crippen molar-refractivity contribution in [1.82, 2.24) is 0 Å². The molecule has 0 bridgehead atoms. The summed E-state index contributed by atoms with van der Waals surface area (Å²) in [5.41, 5.74) is 2.80. The van der Waals surface area contributed by atoms with Crippen LogP contribution in [0.4, 0.5) is 0 Å². The first kappa shape index (κ1) is 23.3. The fraction of sp³-hybridized carbons (Fsp3) is 0.304. The predicted octanol–water partition coefficient (Wildman–Crippen LogP) is 4.20. The lowest BCUT2D eigenvalue weighted by Crippen LogP contribution is -2.10. The van der Waals surface area contributed by atoms with E-state index in [0.29, 0.717) is 23.5 Å². The molecular weight excluding hydrogens is 404 g/mol. The number of phenolic OH excluding ortho intramolecular Hbond substituents is 1. The van der Waals surface area contributed by atoms with Gasteiger partial charge in [0.05, 0.1) is 13.2 Å². The number of thiol groups is 1. The van der Waals surface area contributed by atoms with E-state index in [1.165, 1.54) is 6.07 Å². The third-order valence-corrected chi connectivity index (χ3v) is 4.61. The van der Waals surface area contributed by atoms with Gasteiger partial charge in [-0.25, -0.2) is 9.59 Å². The highest BCUT2D eigenvalue weighted by molar-refractivity contribution is 7.80. The molecule has 0 atom stereocenters. The highest BCUT2D eigenvalue weighted by Crippen LogP contribution is 2.25. The van der Waals surface area contributed by atoms with Gasteiger partial charge < -0.3 is 19.3 Å². The first-order valence-corrected chi connectivity index (χ1v) is 10.2. The molecule has 0 aliphatic heterocycles. The van der Waals surface area contributed by atoms with Crippen molar-refractivity contribution in [3.63, 3.8) is 0 Å². The Hall–Kier alpha value is -2.93. The normalized spacial score (nSPS) is 10.4. The van der Waals surface area contributed by atoms with Crippen LogP contribution in [0, 0.1) is 0 Å². The van der Waals surface area contributed by atoms with Crippen molar-refractivity contribution >= 4 is 24.6 Å². The van der Waals surface area contributed by atoms with Crippen molar-refractivity contribution in [1.29, 1.82) is 0 Å². The Kier molecular flexibility index (Phi) is 8.80. The summed E-state index contributed by atoms with van der Waals surface area (Å²) in [7, 11) is 0. The van der Waals surface area contributed by atoms with Gasteiger partial charge in [-0.3, -0.25) is 0 Å². The van der Waals surface area contributed by atoms with Crippen molar-refractivity contribution in [3.8, 4) is 11.5 Å². The second kappa shape index (κ2) is 11.3. The van der Waals surface area contributed by atoms with E-state index in [1.807, 2.05) is 6.07 Å². The Balaban J connectivity index is 2.30. The number of aromatic hydroxyl groups is 1. The first-order valence-electron chi connectivity index (χ1n) is 9.58. The molecule has 160 valence electrons. The van der Waals surface area contributed by atoms with E-state index in [4.69, 9.17) is 14.2 Å². The van der Waals surface area contributed by atoms with E-state index in [-0.39, 0.29) is 31.1 Å². The second-order valence-electron chi connectivity index (χ2n) is 6.50. The molecule has 2 aromatic carbocycles. The molecule has 0 aliphatic carbocycles. The summed E-state index contributed by atoms with van der Waals surface area (Å²) in [5.74, 6) is -0.326. The molecule has 7 heteroatoms. The Morgan fingerprint density at radius 2 is 1.53 bits per heavy atom. The van der Waals surface area contributed by atoms with Crippen LogP contribution in [-0.2, 0) is 15.9 Å². The first-order chi connectivity index (χ1) is 14.4. The van der Waals surface area contributed by atoms with Crippen molar-refractivity contribution < 1.29 is 28.9 Å². The van der Waals surface area contributed by atoms with Crippen molar-refractivity contribution in [3.05, 3.63) is 70.8 Å². The van der Waals surface area contributed by atoms with Crippen LogP contribution in [0.1, 0.15) is 45.7 Å². The molecule has 0 heterocycles. The molecule has 0 radical (unpaired) electrons. The van der Waals surface area contributed by atoms with Gasteiger partial charge in [0.2, 0.25) is 0 Å². The number of rotatable bonds is 10. The lowest BCUT2D eigenvalue weighted by Gasteiger charge is -2.13. The number of esters is 2. The van der Waals surface area contributed by atoms with Crippen LogP contribution in [0.5, 0.6) is 11.5 Å². The maximum absolute atomic E-state index is 12.4. The average Bonchev–Trinajstić information content (AvgIpc) is 2.74. The second-order valence-corrected chi connectivity index (χ2v) is 6.81. The number of benzene rings is 2. The summed E-state index contributed by atoms with van der Waals surface area (Å²) in [6, 6.07) is 9.99. The number of carbonyl (C=O) groups is 2. The smallest absolute Gasteiger partial charge is 0.341 e. The zero-order valence-corrected chi connectivity index (χ0v) is 18.0. The van der Waals surface area contributed by atoms with Gasteiger partial charge in [0.25, 0.3) is 0 Å². The lowest BCUT2D eigenvalue weighted by atomic mass is 10.00. The van der Waals surface area contributed by atoms with Gasteiger partial charge in [-0.2, -0.15) is 12.6 Å². The summed E-state index contributed by atoms with van der Waals surface area (Å²) in [6.45, 7) is 7.98. The minimum atomic E-state index is -0.586. The standard InChI is InChI=1S/C23H26O6S/c1-4-27-22(25)18-11-16(6-8-20(18)24)10-17-7-9-21(29-13-15(3)14-30)19(12-17)23(26)28-5-2/h6-9,11-12,24,30H,3-5,10,13-14H2,1-2H3. The molecule has 0 saturated heterocycles. The third kappa shape index (κ3) is 6.29. The van der Waals surface area contributed by atoms with Gasteiger partial charge in [-0.15, -0.1) is 0 Å². The zero-order chi connectivity index (χ0) is 22.1. The summed E-state index contributed by atoms with van der Waals surface area (Å²) in [6.07, 6.45) is 0.433. The molecular formula is C23H26O6S. The van der Waals surface area contributed by atoms with E-state index in [2.05, 4.69) is 19.2 Å². The molecule has 0 unspecified atom stereocenters. The fourth-order valence-corrected chi connectivity index (χ4v) is 2.80. The van der Waals surface area contributed by atoms with Crippen molar-refractivity contribution in [2.45, 2.75) is 20.3 Å². The highest BCUT2D eigenvalue weighted by atomic mass is 32.1. The van der Waals surface area contributed by atoms with Gasteiger partial charge in [0.1, 0.15) is 29.2 Å². The fourth-order valence-electron chi connectivity index (χ4n) is 2.71. The summed E-state index contributed by atoms with van der Waals surface area (Å²) >= 11 is 4.15. The van der Waals surface area contributed by atoms with Crippen molar-refractivity contribution in [2.75, 3.05) is 25.6 Å². The van der Waals surface area contributed by atoms with Crippen LogP contribution in [0.2, 0.25) is 0 Å². The molecule has 1 N–H and O–H groups in total. The van der Waals surface area contributed by atoms with Crippen LogP contribution in [0.25, 0.3) is 0 Å². The van der Waals surface area contributed by atoms with E-state index in [1.54, 1.807) is 38.1 Å². The van der Waals surface area contributed by atoms with Crippen LogP contribution >= 0.6 is 12.6 Å². The molecule has 0 spiro atoms. The van der Waals surface area contributed by atoms with E-state index >= 15 is 0 Å². The molecule has 0 saturated carbocycles. The molecule has 0 amide bonds. The molecule has 6 nitrogen and oxygen atoms in total. The Morgan fingerprint density at radius 3 is 2.13 bits per heavy atom. The quantitative estimate of drug-likeness (QED) is 0.334. The molecule has 30 heavy (non-hydrogen) atoms. The largest absolute Gasteiger partial charge is 0.507 e. The number of ether oxygens (including phenoxy) is 3. The predicted molar refractivity (Wildman–Crippen MR) is 118 cm³/mol. The molecule has 2 aromatic rings. The monoisotopic (exact) mass is 430 g/mol. The number of carbonyl (C=O) groups excluding carboxylic acids is 2. The maximum Gasteiger partial charge on any atom is 0.341 e. The number of hydrogen-bond acceptors (Lipinski definition) is 7. The van der Waals surface area contributed by atoms with E-state index in [9.17, 15) is 14.7 Å². The Bertz CT molecular complexity index is 922. The van der Waals surface area contributed by atoms with Crippen LogP contribution in [0.15, 0.2) is 48.6 Å². The average molecular weight is 431 g/mol. The molecule has 0 fully saturated rings. The van der Waals surface area contributed by atoms with Gasteiger partial charge in [-0.1, -0.05) is 18.7 Å². The van der Waals surface area contributed by atoms with Gasteiger partial charge in [-0.05, 0) is 61.2 Å².